The summed E-state index contributed by atoms with van der Waals surface area (Å²) in [6, 6.07) is 2.60. The summed E-state index contributed by atoms with van der Waals surface area (Å²) in [5, 5.41) is 12.8. The molecule has 2 aliphatic rings. The first-order chi connectivity index (χ1) is 9.58. The van der Waals surface area contributed by atoms with Crippen LogP contribution in [-0.4, -0.2) is 28.2 Å². The van der Waals surface area contributed by atoms with E-state index < -0.39 is 0 Å². The minimum Gasteiger partial charge on any atom is -0.393 e. The van der Waals surface area contributed by atoms with Crippen molar-refractivity contribution in [3.63, 3.8) is 0 Å². The quantitative estimate of drug-likeness (QED) is 0.887. The van der Waals surface area contributed by atoms with E-state index in [0.717, 1.165) is 30.5 Å². The maximum Gasteiger partial charge on any atom is 0.253 e. The summed E-state index contributed by atoms with van der Waals surface area (Å²) in [7, 11) is 0. The molecule has 110 valence electrons. The van der Waals surface area contributed by atoms with E-state index in [-0.39, 0.29) is 17.9 Å². The number of rotatable bonds is 4. The van der Waals surface area contributed by atoms with Crippen LogP contribution in [0.15, 0.2) is 6.07 Å². The van der Waals surface area contributed by atoms with E-state index in [0.29, 0.717) is 12.6 Å². The molecule has 20 heavy (non-hydrogen) atoms. The lowest BCUT2D eigenvalue weighted by molar-refractivity contribution is 0.0916. The number of nitrogens with one attached hydrogen (secondary N) is 1. The van der Waals surface area contributed by atoms with Crippen LogP contribution in [0.5, 0.6) is 0 Å². The topological polar surface area (TPSA) is 54.3 Å². The average molecular weight is 276 g/mol. The van der Waals surface area contributed by atoms with Crippen LogP contribution in [0.2, 0.25) is 0 Å². The number of nitrogens with zero attached hydrogens (tertiary/aromatic N) is 1. The second-order valence-corrected chi connectivity index (χ2v) is 6.35. The van der Waals surface area contributed by atoms with Crippen molar-refractivity contribution in [1.29, 1.82) is 0 Å². The monoisotopic (exact) mass is 276 g/mol. The predicted molar refractivity (Wildman–Crippen MR) is 77.9 cm³/mol. The van der Waals surface area contributed by atoms with Gasteiger partial charge < -0.3 is 15.0 Å². The minimum atomic E-state index is -0.241. The summed E-state index contributed by atoms with van der Waals surface area (Å²) in [4.78, 5) is 12.3. The molecule has 0 bridgehead atoms. The van der Waals surface area contributed by atoms with E-state index in [1.807, 2.05) is 13.0 Å². The summed E-state index contributed by atoms with van der Waals surface area (Å²) < 4.78 is 2.29. The molecule has 2 fully saturated rings. The predicted octanol–water partition coefficient (Wildman–Crippen LogP) is 2.33. The lowest BCUT2D eigenvalue weighted by atomic mass is 10.1. The van der Waals surface area contributed by atoms with E-state index in [2.05, 4.69) is 16.8 Å². The van der Waals surface area contributed by atoms with Gasteiger partial charge in [-0.25, -0.2) is 0 Å². The number of carbonyl (C=O) groups is 1. The first-order valence-corrected chi connectivity index (χ1v) is 7.72. The third-order valence-corrected chi connectivity index (χ3v) is 4.78. The number of aliphatic hydroxyl groups is 1. The molecule has 4 nitrogen and oxygen atoms in total. The molecular weight excluding hydrogens is 252 g/mol. The lowest BCUT2D eigenvalue weighted by Gasteiger charge is -2.15. The molecule has 4 heteroatoms. The van der Waals surface area contributed by atoms with Gasteiger partial charge in [0.25, 0.3) is 5.91 Å². The highest BCUT2D eigenvalue weighted by Crippen LogP contribution is 2.38. The van der Waals surface area contributed by atoms with Crippen molar-refractivity contribution in [2.45, 2.75) is 58.1 Å². The first-order valence-electron chi connectivity index (χ1n) is 7.72. The summed E-state index contributed by atoms with van der Waals surface area (Å²) in [6.07, 6.45) is 5.17. The molecule has 2 saturated carbocycles. The summed E-state index contributed by atoms with van der Waals surface area (Å²) in [6.45, 7) is 4.70. The maximum absolute atomic E-state index is 12.3. The number of aryl methyl sites for hydroxylation is 1. The van der Waals surface area contributed by atoms with Crippen molar-refractivity contribution < 1.29 is 9.90 Å². The van der Waals surface area contributed by atoms with Gasteiger partial charge in [-0.05, 0) is 45.6 Å². The fraction of sp³-hybridized carbons (Fsp3) is 0.688. The van der Waals surface area contributed by atoms with Crippen LogP contribution >= 0.6 is 0 Å². The second kappa shape index (κ2) is 5.24. The van der Waals surface area contributed by atoms with Gasteiger partial charge in [0, 0.05) is 29.9 Å². The Morgan fingerprint density at radius 1 is 1.35 bits per heavy atom. The van der Waals surface area contributed by atoms with Gasteiger partial charge >= 0.3 is 0 Å². The number of carbonyl (C=O) groups excluding carboxylic acids is 1. The van der Waals surface area contributed by atoms with Gasteiger partial charge in [-0.1, -0.05) is 6.42 Å². The Hall–Kier alpha value is -1.29. The Morgan fingerprint density at radius 2 is 2.10 bits per heavy atom. The fourth-order valence-electron chi connectivity index (χ4n) is 3.48. The smallest absolute Gasteiger partial charge is 0.253 e. The molecule has 1 aromatic heterocycles. The summed E-state index contributed by atoms with van der Waals surface area (Å²) in [5.74, 6) is 0.231. The molecule has 3 rings (SSSR count). The van der Waals surface area contributed by atoms with Crippen molar-refractivity contribution in [2.75, 3.05) is 6.54 Å². The molecule has 2 N–H and O–H groups in total. The fourth-order valence-corrected chi connectivity index (χ4v) is 3.48. The van der Waals surface area contributed by atoms with E-state index in [1.165, 1.54) is 18.5 Å². The summed E-state index contributed by atoms with van der Waals surface area (Å²) in [5.41, 5.74) is 3.05. The summed E-state index contributed by atoms with van der Waals surface area (Å²) >= 11 is 0. The molecule has 1 heterocycles. The van der Waals surface area contributed by atoms with Crippen LogP contribution in [0.3, 0.4) is 0 Å². The Morgan fingerprint density at radius 3 is 2.70 bits per heavy atom. The van der Waals surface area contributed by atoms with Gasteiger partial charge in [0.15, 0.2) is 0 Å². The average Bonchev–Trinajstić information content (AvgIpc) is 3.08. The molecule has 1 aromatic rings. The molecule has 0 spiro atoms. The van der Waals surface area contributed by atoms with E-state index in [4.69, 9.17) is 0 Å². The third-order valence-electron chi connectivity index (χ3n) is 4.78. The highest BCUT2D eigenvalue weighted by atomic mass is 16.3. The molecule has 0 aromatic carbocycles. The van der Waals surface area contributed by atoms with Gasteiger partial charge in [-0.2, -0.15) is 0 Å². The lowest BCUT2D eigenvalue weighted by Crippen LogP contribution is -2.32. The van der Waals surface area contributed by atoms with E-state index in [1.54, 1.807) is 0 Å². The largest absolute Gasteiger partial charge is 0.393 e. The minimum absolute atomic E-state index is 0.00380. The Balaban J connectivity index is 1.66. The molecule has 2 atom stereocenters. The van der Waals surface area contributed by atoms with Gasteiger partial charge in [-0.3, -0.25) is 4.79 Å². The zero-order valence-corrected chi connectivity index (χ0v) is 12.4. The Bertz CT molecular complexity index is 517. The highest BCUT2D eigenvalue weighted by Gasteiger charge is 2.29. The maximum atomic E-state index is 12.3. The van der Waals surface area contributed by atoms with Crippen molar-refractivity contribution in [1.82, 2.24) is 9.88 Å². The molecule has 1 amide bonds. The van der Waals surface area contributed by atoms with Gasteiger partial charge in [0.2, 0.25) is 0 Å². The highest BCUT2D eigenvalue weighted by molar-refractivity contribution is 5.95. The van der Waals surface area contributed by atoms with Crippen LogP contribution in [0.1, 0.15) is 59.9 Å². The molecule has 2 aliphatic carbocycles. The normalized spacial score (nSPS) is 25.9. The Labute approximate surface area is 120 Å². The number of hydrogen-bond acceptors (Lipinski definition) is 2. The number of aromatic nitrogens is 1. The van der Waals surface area contributed by atoms with Gasteiger partial charge in [0.1, 0.15) is 0 Å². The third kappa shape index (κ3) is 2.49. The van der Waals surface area contributed by atoms with E-state index in [9.17, 15) is 9.90 Å². The Kier molecular flexibility index (Phi) is 3.59. The molecular formula is C16H24N2O2. The van der Waals surface area contributed by atoms with Crippen molar-refractivity contribution in [2.24, 2.45) is 5.92 Å². The standard InChI is InChI=1S/C16H24N2O2/c1-10-8-14(11(2)18(10)13-6-7-13)16(20)17-9-12-4-3-5-15(12)19/h8,12-13,15,19H,3-7,9H2,1-2H3,(H,17,20). The van der Waals surface area contributed by atoms with E-state index >= 15 is 0 Å². The van der Waals surface area contributed by atoms with Crippen LogP contribution in [0.4, 0.5) is 0 Å². The van der Waals surface area contributed by atoms with Crippen molar-refractivity contribution >= 4 is 5.91 Å². The van der Waals surface area contributed by atoms with Crippen molar-refractivity contribution in [3.8, 4) is 0 Å². The van der Waals surface area contributed by atoms with Gasteiger partial charge in [0.05, 0.1) is 11.7 Å². The van der Waals surface area contributed by atoms with Crippen molar-refractivity contribution in [3.05, 3.63) is 23.0 Å². The van der Waals surface area contributed by atoms with Crippen LogP contribution in [0.25, 0.3) is 0 Å². The zero-order chi connectivity index (χ0) is 14.3. The molecule has 0 radical (unpaired) electrons. The van der Waals surface area contributed by atoms with Crippen LogP contribution in [0, 0.1) is 19.8 Å². The number of aliphatic hydroxyl groups excluding tert-OH is 1. The van der Waals surface area contributed by atoms with Gasteiger partial charge in [-0.15, -0.1) is 0 Å². The van der Waals surface area contributed by atoms with Crippen LogP contribution in [-0.2, 0) is 0 Å². The molecule has 0 aliphatic heterocycles. The number of hydrogen-bond donors (Lipinski definition) is 2. The SMILES string of the molecule is Cc1cc(C(=O)NCC2CCCC2O)c(C)n1C1CC1. The molecule has 0 saturated heterocycles. The van der Waals surface area contributed by atoms with Crippen LogP contribution < -0.4 is 5.32 Å². The second-order valence-electron chi connectivity index (χ2n) is 6.35. The molecule has 2 unspecified atom stereocenters. The zero-order valence-electron chi connectivity index (χ0n) is 12.4. The number of amides is 1. The first kappa shape index (κ1) is 13.7.